The van der Waals surface area contributed by atoms with E-state index >= 15 is 0 Å². The molecular weight excluding hydrogens is 268 g/mol. The molecule has 0 bridgehead atoms. The molecular formula is C16H24N2O3. The Bertz CT molecular complexity index is 419. The lowest BCUT2D eigenvalue weighted by Crippen LogP contribution is -2.38. The van der Waals surface area contributed by atoms with Crippen LogP contribution in [0.2, 0.25) is 0 Å². The van der Waals surface area contributed by atoms with Crippen molar-refractivity contribution < 1.29 is 14.4 Å². The van der Waals surface area contributed by atoms with Crippen molar-refractivity contribution in [3.63, 3.8) is 0 Å². The largest absolute Gasteiger partial charge is 0.353 e. The van der Waals surface area contributed by atoms with Gasteiger partial charge in [-0.15, -0.1) is 0 Å². The molecule has 2 saturated carbocycles. The number of fused-ring (bicyclic) bond motifs is 1. The van der Waals surface area contributed by atoms with E-state index in [9.17, 15) is 14.4 Å². The minimum absolute atomic E-state index is 0.0302. The summed E-state index contributed by atoms with van der Waals surface area (Å²) in [5, 5.41) is 3.01. The molecule has 1 aliphatic heterocycles. The predicted molar refractivity (Wildman–Crippen MR) is 77.2 cm³/mol. The molecule has 0 aromatic carbocycles. The molecule has 3 amide bonds. The van der Waals surface area contributed by atoms with Crippen LogP contribution in [0, 0.1) is 11.8 Å². The molecule has 0 aromatic heterocycles. The SMILES string of the molecule is O=C(CCN1C(=O)[C@@H]2CCCC[C@H]2C1=O)NC1CCCC1. The minimum atomic E-state index is -0.107. The molecule has 5 heteroatoms. The minimum Gasteiger partial charge on any atom is -0.353 e. The number of hydrogen-bond acceptors (Lipinski definition) is 3. The van der Waals surface area contributed by atoms with E-state index in [1.54, 1.807) is 0 Å². The van der Waals surface area contributed by atoms with Crippen molar-refractivity contribution in [3.8, 4) is 0 Å². The summed E-state index contributed by atoms with van der Waals surface area (Å²) in [6, 6.07) is 0.296. The van der Waals surface area contributed by atoms with Crippen LogP contribution in [0.25, 0.3) is 0 Å². The maximum atomic E-state index is 12.3. The number of hydrogen-bond donors (Lipinski definition) is 1. The first-order valence-electron chi connectivity index (χ1n) is 8.31. The Balaban J connectivity index is 1.51. The van der Waals surface area contributed by atoms with Crippen LogP contribution >= 0.6 is 0 Å². The second-order valence-electron chi connectivity index (χ2n) is 6.62. The van der Waals surface area contributed by atoms with Crippen molar-refractivity contribution >= 4 is 17.7 Å². The summed E-state index contributed by atoms with van der Waals surface area (Å²) < 4.78 is 0. The monoisotopic (exact) mass is 292 g/mol. The Kier molecular flexibility index (Phi) is 4.27. The summed E-state index contributed by atoms with van der Waals surface area (Å²) >= 11 is 0. The maximum Gasteiger partial charge on any atom is 0.233 e. The van der Waals surface area contributed by atoms with E-state index < -0.39 is 0 Å². The lowest BCUT2D eigenvalue weighted by molar-refractivity contribution is -0.140. The molecule has 3 fully saturated rings. The van der Waals surface area contributed by atoms with E-state index in [2.05, 4.69) is 5.32 Å². The van der Waals surface area contributed by atoms with Crippen LogP contribution in [0.3, 0.4) is 0 Å². The number of carbonyl (C=O) groups is 3. The van der Waals surface area contributed by atoms with E-state index in [4.69, 9.17) is 0 Å². The van der Waals surface area contributed by atoms with E-state index in [0.29, 0.717) is 6.04 Å². The van der Waals surface area contributed by atoms with Crippen molar-refractivity contribution in [1.29, 1.82) is 0 Å². The third-order valence-corrected chi connectivity index (χ3v) is 5.22. The second-order valence-corrected chi connectivity index (χ2v) is 6.62. The van der Waals surface area contributed by atoms with E-state index in [-0.39, 0.29) is 42.5 Å². The van der Waals surface area contributed by atoms with Gasteiger partial charge in [0.25, 0.3) is 0 Å². The van der Waals surface area contributed by atoms with Crippen LogP contribution in [-0.4, -0.2) is 35.2 Å². The zero-order valence-electron chi connectivity index (χ0n) is 12.5. The first-order chi connectivity index (χ1) is 10.2. The van der Waals surface area contributed by atoms with Crippen LogP contribution in [0.5, 0.6) is 0 Å². The van der Waals surface area contributed by atoms with E-state index in [1.165, 1.54) is 17.7 Å². The molecule has 116 valence electrons. The van der Waals surface area contributed by atoms with E-state index in [0.717, 1.165) is 38.5 Å². The zero-order valence-corrected chi connectivity index (χ0v) is 12.5. The molecule has 0 unspecified atom stereocenters. The van der Waals surface area contributed by atoms with Gasteiger partial charge in [0.1, 0.15) is 0 Å². The summed E-state index contributed by atoms with van der Waals surface area (Å²) in [4.78, 5) is 37.8. The van der Waals surface area contributed by atoms with Crippen LogP contribution in [0.15, 0.2) is 0 Å². The van der Waals surface area contributed by atoms with Crippen molar-refractivity contribution in [2.24, 2.45) is 11.8 Å². The molecule has 2 atom stereocenters. The van der Waals surface area contributed by atoms with Crippen molar-refractivity contribution in [2.45, 2.75) is 63.8 Å². The number of nitrogens with zero attached hydrogens (tertiary/aromatic N) is 1. The van der Waals surface area contributed by atoms with Crippen molar-refractivity contribution in [1.82, 2.24) is 10.2 Å². The number of imide groups is 1. The predicted octanol–water partition coefficient (Wildman–Crippen LogP) is 1.61. The highest BCUT2D eigenvalue weighted by molar-refractivity contribution is 6.05. The molecule has 0 spiro atoms. The lowest BCUT2D eigenvalue weighted by atomic mass is 9.81. The fourth-order valence-electron chi connectivity index (χ4n) is 4.03. The third-order valence-electron chi connectivity index (χ3n) is 5.22. The number of rotatable bonds is 4. The topological polar surface area (TPSA) is 66.5 Å². The lowest BCUT2D eigenvalue weighted by Gasteiger charge is -2.19. The first kappa shape index (κ1) is 14.5. The standard InChI is InChI=1S/C16H24N2O3/c19-14(17-11-5-1-2-6-11)9-10-18-15(20)12-7-3-4-8-13(12)16(18)21/h11-13H,1-10H2,(H,17,19)/t12-,13-/m1/s1. The molecule has 1 saturated heterocycles. The van der Waals surface area contributed by atoms with Gasteiger partial charge in [0.15, 0.2) is 0 Å². The summed E-state index contributed by atoms with van der Waals surface area (Å²) in [5.74, 6) is -0.331. The van der Waals surface area contributed by atoms with Gasteiger partial charge in [0, 0.05) is 19.0 Å². The molecule has 1 N–H and O–H groups in total. The Morgan fingerprint density at radius 1 is 0.952 bits per heavy atom. The molecule has 3 aliphatic rings. The van der Waals surface area contributed by atoms with Gasteiger partial charge < -0.3 is 5.32 Å². The molecule has 2 aliphatic carbocycles. The summed E-state index contributed by atoms with van der Waals surface area (Å²) in [7, 11) is 0. The molecule has 0 aromatic rings. The molecule has 3 rings (SSSR count). The van der Waals surface area contributed by atoms with Gasteiger partial charge in [-0.05, 0) is 25.7 Å². The van der Waals surface area contributed by atoms with Crippen LogP contribution in [0.4, 0.5) is 0 Å². The van der Waals surface area contributed by atoms with Crippen molar-refractivity contribution in [3.05, 3.63) is 0 Å². The maximum absolute atomic E-state index is 12.3. The average molecular weight is 292 g/mol. The highest BCUT2D eigenvalue weighted by atomic mass is 16.2. The highest BCUT2D eigenvalue weighted by Crippen LogP contribution is 2.37. The van der Waals surface area contributed by atoms with E-state index in [1.807, 2.05) is 0 Å². The van der Waals surface area contributed by atoms with Gasteiger partial charge in [-0.2, -0.15) is 0 Å². The quantitative estimate of drug-likeness (QED) is 0.801. The summed E-state index contributed by atoms with van der Waals surface area (Å²) in [6.45, 7) is 0.253. The normalized spacial score (nSPS) is 29.8. The van der Waals surface area contributed by atoms with Crippen LogP contribution in [-0.2, 0) is 14.4 Å². The average Bonchev–Trinajstić information content (AvgIpc) is 3.07. The van der Waals surface area contributed by atoms with Crippen LogP contribution < -0.4 is 5.32 Å². The molecule has 5 nitrogen and oxygen atoms in total. The molecule has 1 heterocycles. The van der Waals surface area contributed by atoms with Gasteiger partial charge in [-0.3, -0.25) is 19.3 Å². The molecule has 0 radical (unpaired) electrons. The highest BCUT2D eigenvalue weighted by Gasteiger charge is 2.47. The smallest absolute Gasteiger partial charge is 0.233 e. The fourth-order valence-corrected chi connectivity index (χ4v) is 4.03. The molecule has 21 heavy (non-hydrogen) atoms. The van der Waals surface area contributed by atoms with Gasteiger partial charge in [-0.1, -0.05) is 25.7 Å². The number of amides is 3. The summed E-state index contributed by atoms with van der Waals surface area (Å²) in [6.07, 6.45) is 8.45. The third kappa shape index (κ3) is 2.97. The zero-order chi connectivity index (χ0) is 14.8. The Labute approximate surface area is 125 Å². The number of carbonyl (C=O) groups excluding carboxylic acids is 3. The second kappa shape index (κ2) is 6.16. The number of nitrogens with one attached hydrogen (secondary N) is 1. The van der Waals surface area contributed by atoms with Gasteiger partial charge >= 0.3 is 0 Å². The van der Waals surface area contributed by atoms with Crippen LogP contribution in [0.1, 0.15) is 57.8 Å². The van der Waals surface area contributed by atoms with Gasteiger partial charge in [0.2, 0.25) is 17.7 Å². The van der Waals surface area contributed by atoms with Gasteiger partial charge in [-0.25, -0.2) is 0 Å². The fraction of sp³-hybridized carbons (Fsp3) is 0.812. The Morgan fingerprint density at radius 3 is 2.05 bits per heavy atom. The number of likely N-dealkylation sites (tertiary alicyclic amines) is 1. The first-order valence-corrected chi connectivity index (χ1v) is 8.31. The van der Waals surface area contributed by atoms with Gasteiger partial charge in [0.05, 0.1) is 11.8 Å². The Morgan fingerprint density at radius 2 is 1.48 bits per heavy atom. The van der Waals surface area contributed by atoms with Crippen molar-refractivity contribution in [2.75, 3.05) is 6.54 Å². The Hall–Kier alpha value is -1.39. The summed E-state index contributed by atoms with van der Waals surface area (Å²) in [5.41, 5.74) is 0.